The predicted octanol–water partition coefficient (Wildman–Crippen LogP) is 2.66. The van der Waals surface area contributed by atoms with Gasteiger partial charge in [0.2, 0.25) is 0 Å². The molecule has 0 aliphatic heterocycles. The second kappa shape index (κ2) is 7.93. The standard InChI is InChI=1S/C14H26N4/c1-5-7-16-13-9-14(11-15-10-13)17-12(2)6-8-18(3)4/h9-12,16-17H,5-8H2,1-4H3. The monoisotopic (exact) mass is 250 g/mol. The second-order valence-corrected chi connectivity index (χ2v) is 5.03. The number of hydrogen-bond donors (Lipinski definition) is 2. The van der Waals surface area contributed by atoms with Gasteiger partial charge in [0, 0.05) is 12.6 Å². The van der Waals surface area contributed by atoms with E-state index in [1.54, 1.807) is 0 Å². The molecule has 1 unspecified atom stereocenters. The fourth-order valence-electron chi connectivity index (χ4n) is 1.69. The van der Waals surface area contributed by atoms with E-state index >= 15 is 0 Å². The summed E-state index contributed by atoms with van der Waals surface area (Å²) in [5.41, 5.74) is 2.17. The molecule has 1 rings (SSSR count). The maximum Gasteiger partial charge on any atom is 0.0549 e. The van der Waals surface area contributed by atoms with Crippen LogP contribution >= 0.6 is 0 Å². The van der Waals surface area contributed by atoms with Crippen molar-refractivity contribution in [1.29, 1.82) is 0 Å². The van der Waals surface area contributed by atoms with E-state index in [1.807, 2.05) is 12.4 Å². The van der Waals surface area contributed by atoms with Crippen molar-refractivity contribution in [3.8, 4) is 0 Å². The van der Waals surface area contributed by atoms with Gasteiger partial charge in [0.15, 0.2) is 0 Å². The van der Waals surface area contributed by atoms with Crippen molar-refractivity contribution in [2.75, 3.05) is 37.8 Å². The summed E-state index contributed by atoms with van der Waals surface area (Å²) < 4.78 is 0. The minimum atomic E-state index is 0.454. The third-order valence-corrected chi connectivity index (χ3v) is 2.74. The molecule has 0 fully saturated rings. The van der Waals surface area contributed by atoms with Gasteiger partial charge in [-0.1, -0.05) is 6.92 Å². The van der Waals surface area contributed by atoms with E-state index in [2.05, 4.69) is 54.5 Å². The van der Waals surface area contributed by atoms with Gasteiger partial charge >= 0.3 is 0 Å². The predicted molar refractivity (Wildman–Crippen MR) is 79.3 cm³/mol. The third kappa shape index (κ3) is 5.87. The quantitative estimate of drug-likeness (QED) is 0.744. The zero-order chi connectivity index (χ0) is 13.4. The fraction of sp³-hybridized carbons (Fsp3) is 0.643. The zero-order valence-corrected chi connectivity index (χ0v) is 12.0. The summed E-state index contributed by atoms with van der Waals surface area (Å²) in [7, 11) is 4.20. The van der Waals surface area contributed by atoms with Crippen LogP contribution in [-0.2, 0) is 0 Å². The molecule has 0 amide bonds. The number of hydrogen-bond acceptors (Lipinski definition) is 4. The molecule has 1 aromatic heterocycles. The smallest absolute Gasteiger partial charge is 0.0549 e. The normalized spacial score (nSPS) is 12.5. The highest BCUT2D eigenvalue weighted by atomic mass is 15.1. The minimum Gasteiger partial charge on any atom is -0.384 e. The van der Waals surface area contributed by atoms with E-state index in [-0.39, 0.29) is 0 Å². The van der Waals surface area contributed by atoms with E-state index in [1.165, 1.54) is 0 Å². The molecule has 0 spiro atoms. The van der Waals surface area contributed by atoms with Crippen molar-refractivity contribution < 1.29 is 0 Å². The molecule has 4 nitrogen and oxygen atoms in total. The molecule has 0 aliphatic carbocycles. The third-order valence-electron chi connectivity index (χ3n) is 2.74. The highest BCUT2D eigenvalue weighted by Gasteiger charge is 2.03. The maximum atomic E-state index is 4.25. The Bertz CT molecular complexity index is 338. The van der Waals surface area contributed by atoms with Gasteiger partial charge < -0.3 is 15.5 Å². The summed E-state index contributed by atoms with van der Waals surface area (Å²) in [4.78, 5) is 6.45. The number of aromatic nitrogens is 1. The van der Waals surface area contributed by atoms with Crippen LogP contribution in [0.4, 0.5) is 11.4 Å². The van der Waals surface area contributed by atoms with E-state index in [9.17, 15) is 0 Å². The Kier molecular flexibility index (Phi) is 6.50. The van der Waals surface area contributed by atoms with Gasteiger partial charge in [-0.2, -0.15) is 0 Å². The maximum absolute atomic E-state index is 4.25. The number of rotatable bonds is 8. The summed E-state index contributed by atoms with van der Waals surface area (Å²) in [5.74, 6) is 0. The second-order valence-electron chi connectivity index (χ2n) is 5.03. The molecule has 1 heterocycles. The van der Waals surface area contributed by atoms with Crippen LogP contribution in [0.5, 0.6) is 0 Å². The average molecular weight is 250 g/mol. The molecule has 4 heteroatoms. The van der Waals surface area contributed by atoms with E-state index in [0.717, 1.165) is 37.3 Å². The molecule has 102 valence electrons. The van der Waals surface area contributed by atoms with Crippen molar-refractivity contribution >= 4 is 11.4 Å². The number of nitrogens with one attached hydrogen (secondary N) is 2. The van der Waals surface area contributed by atoms with Crippen molar-refractivity contribution in [2.24, 2.45) is 0 Å². The lowest BCUT2D eigenvalue weighted by Crippen LogP contribution is -2.23. The van der Waals surface area contributed by atoms with Gasteiger partial charge in [-0.15, -0.1) is 0 Å². The molecule has 0 saturated carbocycles. The first-order chi connectivity index (χ1) is 8.61. The summed E-state index contributed by atoms with van der Waals surface area (Å²) >= 11 is 0. The van der Waals surface area contributed by atoms with Gasteiger partial charge in [0.1, 0.15) is 0 Å². The first kappa shape index (κ1) is 14.8. The van der Waals surface area contributed by atoms with E-state index in [4.69, 9.17) is 0 Å². The van der Waals surface area contributed by atoms with Crippen LogP contribution in [0.1, 0.15) is 26.7 Å². The van der Waals surface area contributed by atoms with Gasteiger partial charge in [0.05, 0.1) is 23.8 Å². The Morgan fingerprint density at radius 1 is 1.28 bits per heavy atom. The molecule has 1 atom stereocenters. The molecule has 0 aromatic carbocycles. The summed E-state index contributed by atoms with van der Waals surface area (Å²) in [6, 6.07) is 2.57. The Morgan fingerprint density at radius 3 is 2.67 bits per heavy atom. The molecule has 18 heavy (non-hydrogen) atoms. The molecule has 0 aliphatic rings. The molecular formula is C14H26N4. The van der Waals surface area contributed by atoms with Crippen LogP contribution < -0.4 is 10.6 Å². The summed E-state index contributed by atoms with van der Waals surface area (Å²) in [6.45, 7) is 6.44. The Balaban J connectivity index is 2.45. The largest absolute Gasteiger partial charge is 0.384 e. The minimum absolute atomic E-state index is 0.454. The first-order valence-electron chi connectivity index (χ1n) is 6.72. The van der Waals surface area contributed by atoms with Crippen LogP contribution in [0.2, 0.25) is 0 Å². The number of anilines is 2. The zero-order valence-electron chi connectivity index (χ0n) is 12.0. The molecule has 0 saturated heterocycles. The van der Waals surface area contributed by atoms with Crippen molar-refractivity contribution in [2.45, 2.75) is 32.7 Å². The van der Waals surface area contributed by atoms with Crippen molar-refractivity contribution in [1.82, 2.24) is 9.88 Å². The SMILES string of the molecule is CCCNc1cncc(NC(C)CCN(C)C)c1. The average Bonchev–Trinajstić information content (AvgIpc) is 2.34. The van der Waals surface area contributed by atoms with Crippen LogP contribution in [0, 0.1) is 0 Å². The summed E-state index contributed by atoms with van der Waals surface area (Å²) in [6.07, 6.45) is 5.99. The highest BCUT2D eigenvalue weighted by Crippen LogP contribution is 2.14. The van der Waals surface area contributed by atoms with Crippen LogP contribution in [0.25, 0.3) is 0 Å². The fourth-order valence-corrected chi connectivity index (χ4v) is 1.69. The number of nitrogens with zero attached hydrogens (tertiary/aromatic N) is 2. The molecule has 0 bridgehead atoms. The first-order valence-corrected chi connectivity index (χ1v) is 6.72. The van der Waals surface area contributed by atoms with E-state index in [0.29, 0.717) is 6.04 Å². The van der Waals surface area contributed by atoms with Gasteiger partial charge in [-0.25, -0.2) is 0 Å². The lowest BCUT2D eigenvalue weighted by molar-refractivity contribution is 0.390. The summed E-state index contributed by atoms with van der Waals surface area (Å²) in [5, 5.41) is 6.83. The van der Waals surface area contributed by atoms with Crippen molar-refractivity contribution in [3.63, 3.8) is 0 Å². The molecule has 0 radical (unpaired) electrons. The van der Waals surface area contributed by atoms with Gasteiger partial charge in [-0.05, 0) is 46.5 Å². The Morgan fingerprint density at radius 2 is 2.00 bits per heavy atom. The van der Waals surface area contributed by atoms with Gasteiger partial charge in [0.25, 0.3) is 0 Å². The van der Waals surface area contributed by atoms with Crippen LogP contribution in [0.15, 0.2) is 18.5 Å². The van der Waals surface area contributed by atoms with E-state index < -0.39 is 0 Å². The lowest BCUT2D eigenvalue weighted by atomic mass is 10.2. The molecule has 1 aromatic rings. The van der Waals surface area contributed by atoms with Gasteiger partial charge in [-0.3, -0.25) is 4.98 Å². The van der Waals surface area contributed by atoms with Crippen LogP contribution in [-0.4, -0.2) is 43.1 Å². The Labute approximate surface area is 111 Å². The van der Waals surface area contributed by atoms with Crippen molar-refractivity contribution in [3.05, 3.63) is 18.5 Å². The lowest BCUT2D eigenvalue weighted by Gasteiger charge is -2.18. The van der Waals surface area contributed by atoms with Crippen LogP contribution in [0.3, 0.4) is 0 Å². The highest BCUT2D eigenvalue weighted by molar-refractivity contribution is 5.54. The Hall–Kier alpha value is -1.29. The molecule has 2 N–H and O–H groups in total. The molecular weight excluding hydrogens is 224 g/mol. The number of pyridine rings is 1. The topological polar surface area (TPSA) is 40.2 Å².